The summed E-state index contributed by atoms with van der Waals surface area (Å²) in [7, 11) is 0. The Hall–Kier alpha value is -2.55. The lowest BCUT2D eigenvalue weighted by Gasteiger charge is -2.18. The number of benzene rings is 1. The fourth-order valence-electron chi connectivity index (χ4n) is 2.82. The maximum atomic E-state index is 13.3. The van der Waals surface area contributed by atoms with Gasteiger partial charge in [0.1, 0.15) is 11.6 Å². The van der Waals surface area contributed by atoms with E-state index < -0.39 is 5.82 Å². The van der Waals surface area contributed by atoms with Gasteiger partial charge in [-0.15, -0.1) is 0 Å². The van der Waals surface area contributed by atoms with E-state index in [2.05, 4.69) is 20.3 Å². The lowest BCUT2D eigenvalue weighted by molar-refractivity contribution is 0.312. The molecule has 4 N–H and O–H groups in total. The molecule has 1 fully saturated rings. The zero-order chi connectivity index (χ0) is 19.0. The lowest BCUT2D eigenvalue weighted by atomic mass is 10.2. The van der Waals surface area contributed by atoms with Crippen molar-refractivity contribution in [2.45, 2.75) is 25.3 Å². The Morgan fingerprint density at radius 2 is 2.22 bits per heavy atom. The van der Waals surface area contributed by atoms with Crippen molar-refractivity contribution in [1.29, 1.82) is 5.41 Å². The standard InChI is InChI=1S/C18H18ClFN6O/c19-13-9-11(3-4-14(13)20)26(27)17(21)12-5-7-23-18-16(12)24-15(25-18)6-8-22-10-1-2-10/h3-5,7,9-10,21-22,27H,1-2,6,8H2,(H,23,24,25). The molecule has 140 valence electrons. The van der Waals surface area contributed by atoms with Gasteiger partial charge in [-0.25, -0.2) is 19.4 Å². The van der Waals surface area contributed by atoms with Crippen molar-refractivity contribution in [2.75, 3.05) is 11.6 Å². The summed E-state index contributed by atoms with van der Waals surface area (Å²) in [5.74, 6) is -0.0266. The number of aromatic amines is 1. The quantitative estimate of drug-likeness (QED) is 0.295. The van der Waals surface area contributed by atoms with Crippen molar-refractivity contribution in [3.05, 3.63) is 52.7 Å². The first kappa shape index (κ1) is 17.8. The van der Waals surface area contributed by atoms with Crippen LogP contribution in [-0.4, -0.2) is 38.6 Å². The molecule has 1 saturated carbocycles. The SMILES string of the molecule is N=C(c1ccnc2nc(CCNC3CC3)[nH]c12)N(O)c1ccc(F)c(Cl)c1. The summed E-state index contributed by atoms with van der Waals surface area (Å²) in [6.45, 7) is 0.817. The number of imidazole rings is 1. The van der Waals surface area contributed by atoms with E-state index in [1.165, 1.54) is 31.2 Å². The summed E-state index contributed by atoms with van der Waals surface area (Å²) in [4.78, 5) is 11.9. The largest absolute Gasteiger partial charge is 0.340 e. The number of rotatable bonds is 6. The van der Waals surface area contributed by atoms with Crippen LogP contribution in [0.4, 0.5) is 10.1 Å². The highest BCUT2D eigenvalue weighted by Gasteiger charge is 2.21. The van der Waals surface area contributed by atoms with E-state index in [0.29, 0.717) is 27.8 Å². The van der Waals surface area contributed by atoms with Gasteiger partial charge in [0.2, 0.25) is 0 Å². The van der Waals surface area contributed by atoms with E-state index in [4.69, 9.17) is 17.0 Å². The summed E-state index contributed by atoms with van der Waals surface area (Å²) < 4.78 is 13.3. The molecule has 0 spiro atoms. The van der Waals surface area contributed by atoms with Gasteiger partial charge in [-0.2, -0.15) is 0 Å². The molecule has 0 bridgehead atoms. The first-order valence-corrected chi connectivity index (χ1v) is 9.00. The van der Waals surface area contributed by atoms with Crippen LogP contribution in [-0.2, 0) is 6.42 Å². The van der Waals surface area contributed by atoms with Crippen LogP contribution in [0, 0.1) is 11.2 Å². The van der Waals surface area contributed by atoms with E-state index in [1.807, 2.05) is 0 Å². The molecule has 0 aliphatic heterocycles. The highest BCUT2D eigenvalue weighted by molar-refractivity contribution is 6.31. The molecule has 2 heterocycles. The number of nitrogens with one attached hydrogen (secondary N) is 3. The number of amidine groups is 1. The van der Waals surface area contributed by atoms with Gasteiger partial charge >= 0.3 is 0 Å². The van der Waals surface area contributed by atoms with Gasteiger partial charge < -0.3 is 10.3 Å². The Labute approximate surface area is 159 Å². The molecule has 3 aromatic rings. The predicted molar refractivity (Wildman–Crippen MR) is 101 cm³/mol. The number of hydroxylamine groups is 1. The van der Waals surface area contributed by atoms with Crippen molar-refractivity contribution in [3.8, 4) is 0 Å². The molecule has 27 heavy (non-hydrogen) atoms. The van der Waals surface area contributed by atoms with Crippen LogP contribution in [0.3, 0.4) is 0 Å². The molecule has 0 atom stereocenters. The van der Waals surface area contributed by atoms with Gasteiger partial charge in [-0.3, -0.25) is 10.6 Å². The summed E-state index contributed by atoms with van der Waals surface area (Å²) in [5.41, 5.74) is 1.65. The van der Waals surface area contributed by atoms with Crippen LogP contribution in [0.5, 0.6) is 0 Å². The van der Waals surface area contributed by atoms with Crippen molar-refractivity contribution in [1.82, 2.24) is 20.3 Å². The number of hydrogen-bond acceptors (Lipinski definition) is 5. The molecule has 7 nitrogen and oxygen atoms in total. The van der Waals surface area contributed by atoms with Gasteiger partial charge in [0.25, 0.3) is 0 Å². The molecule has 1 aliphatic carbocycles. The fourth-order valence-corrected chi connectivity index (χ4v) is 2.99. The van der Waals surface area contributed by atoms with Crippen molar-refractivity contribution in [2.24, 2.45) is 0 Å². The van der Waals surface area contributed by atoms with E-state index in [-0.39, 0.29) is 16.5 Å². The van der Waals surface area contributed by atoms with Crippen LogP contribution in [0.2, 0.25) is 5.02 Å². The lowest BCUT2D eigenvalue weighted by Crippen LogP contribution is -2.27. The topological polar surface area (TPSA) is 101 Å². The summed E-state index contributed by atoms with van der Waals surface area (Å²) in [6, 6.07) is 5.98. The molecular weight excluding hydrogens is 371 g/mol. The van der Waals surface area contributed by atoms with Crippen molar-refractivity contribution < 1.29 is 9.60 Å². The van der Waals surface area contributed by atoms with Crippen molar-refractivity contribution >= 4 is 34.3 Å². The molecule has 9 heteroatoms. The second-order valence-electron chi connectivity index (χ2n) is 6.48. The first-order chi connectivity index (χ1) is 13.0. The minimum atomic E-state index is -0.593. The number of hydrogen-bond donors (Lipinski definition) is 4. The van der Waals surface area contributed by atoms with Crippen molar-refractivity contribution in [3.63, 3.8) is 0 Å². The van der Waals surface area contributed by atoms with Crippen LogP contribution >= 0.6 is 11.6 Å². The number of aromatic nitrogens is 3. The average molecular weight is 389 g/mol. The minimum absolute atomic E-state index is 0.133. The second kappa shape index (κ2) is 7.22. The second-order valence-corrected chi connectivity index (χ2v) is 6.89. The summed E-state index contributed by atoms with van der Waals surface area (Å²) in [5, 5.41) is 22.7. The molecule has 0 saturated heterocycles. The average Bonchev–Trinajstić information content (AvgIpc) is 3.39. The number of pyridine rings is 1. The molecule has 0 radical (unpaired) electrons. The Balaban J connectivity index is 1.58. The monoisotopic (exact) mass is 388 g/mol. The number of anilines is 1. The van der Waals surface area contributed by atoms with E-state index in [9.17, 15) is 9.60 Å². The number of H-pyrrole nitrogens is 1. The van der Waals surface area contributed by atoms with Gasteiger partial charge in [-0.05, 0) is 37.1 Å². The van der Waals surface area contributed by atoms with Crippen LogP contribution in [0.25, 0.3) is 11.2 Å². The molecule has 4 rings (SSSR count). The third-order valence-electron chi connectivity index (χ3n) is 4.43. The maximum absolute atomic E-state index is 13.3. The molecule has 0 amide bonds. The van der Waals surface area contributed by atoms with E-state index >= 15 is 0 Å². The maximum Gasteiger partial charge on any atom is 0.178 e. The number of halogens is 2. The van der Waals surface area contributed by atoms with E-state index in [1.54, 1.807) is 6.07 Å². The zero-order valence-electron chi connectivity index (χ0n) is 14.3. The minimum Gasteiger partial charge on any atom is -0.340 e. The van der Waals surface area contributed by atoms with Gasteiger partial charge in [0, 0.05) is 30.8 Å². The molecular formula is C18H18ClFN6O. The molecule has 1 aliphatic rings. The van der Waals surface area contributed by atoms with Gasteiger partial charge in [0.05, 0.1) is 16.2 Å². The Bertz CT molecular complexity index is 1000. The Morgan fingerprint density at radius 3 is 2.96 bits per heavy atom. The highest BCUT2D eigenvalue weighted by Crippen LogP contribution is 2.24. The third kappa shape index (κ3) is 3.78. The Kier molecular flexibility index (Phi) is 4.77. The Morgan fingerprint density at radius 1 is 1.41 bits per heavy atom. The smallest absolute Gasteiger partial charge is 0.178 e. The molecule has 0 unspecified atom stereocenters. The molecule has 1 aromatic carbocycles. The number of fused-ring (bicyclic) bond motifs is 1. The van der Waals surface area contributed by atoms with Crippen LogP contribution in [0.15, 0.2) is 30.5 Å². The van der Waals surface area contributed by atoms with Crippen LogP contribution in [0.1, 0.15) is 24.2 Å². The highest BCUT2D eigenvalue weighted by atomic mass is 35.5. The predicted octanol–water partition coefficient (Wildman–Crippen LogP) is 3.27. The number of nitrogens with zero attached hydrogens (tertiary/aromatic N) is 3. The summed E-state index contributed by atoms with van der Waals surface area (Å²) in [6.07, 6.45) is 4.70. The fraction of sp³-hybridized carbons (Fsp3) is 0.278. The van der Waals surface area contributed by atoms with Gasteiger partial charge in [0.15, 0.2) is 11.5 Å². The third-order valence-corrected chi connectivity index (χ3v) is 4.72. The zero-order valence-corrected chi connectivity index (χ0v) is 15.1. The normalized spacial score (nSPS) is 13.9. The summed E-state index contributed by atoms with van der Waals surface area (Å²) >= 11 is 5.77. The van der Waals surface area contributed by atoms with Crippen LogP contribution < -0.4 is 10.4 Å². The first-order valence-electron chi connectivity index (χ1n) is 8.63. The van der Waals surface area contributed by atoms with E-state index in [0.717, 1.165) is 24.9 Å². The molecule has 2 aromatic heterocycles. The van der Waals surface area contributed by atoms with Gasteiger partial charge in [-0.1, -0.05) is 11.6 Å².